The van der Waals surface area contributed by atoms with Crippen molar-refractivity contribution in [2.75, 3.05) is 57.5 Å². The number of hydrogen-bond donors (Lipinski definition) is 0. The number of anilines is 1. The Kier molecular flexibility index (Phi) is 6.89. The number of rotatable bonds is 8. The van der Waals surface area contributed by atoms with Crippen molar-refractivity contribution in [3.63, 3.8) is 0 Å². The molecule has 2 rings (SSSR count). The maximum atomic E-state index is 12.5. The molecular weight excluding hydrogens is 374 g/mol. The third kappa shape index (κ3) is 5.25. The monoisotopic (exact) mass is 399 g/mol. The SMILES string of the molecule is COc1ccc(N(CCC(=O)N2CCN(C=O)CC2)S(C)(=O)=O)c(OC)c1. The van der Waals surface area contributed by atoms with Crippen LogP contribution < -0.4 is 13.8 Å². The minimum atomic E-state index is -3.62. The number of carbonyl (C=O) groups is 2. The number of amides is 2. The first-order chi connectivity index (χ1) is 12.8. The lowest BCUT2D eigenvalue weighted by molar-refractivity contribution is -0.134. The van der Waals surface area contributed by atoms with E-state index in [0.717, 1.165) is 17.0 Å². The highest BCUT2D eigenvalue weighted by molar-refractivity contribution is 7.92. The van der Waals surface area contributed by atoms with Gasteiger partial charge in [0.2, 0.25) is 22.3 Å². The van der Waals surface area contributed by atoms with Gasteiger partial charge in [-0.3, -0.25) is 13.9 Å². The second-order valence-corrected chi connectivity index (χ2v) is 8.05. The van der Waals surface area contributed by atoms with E-state index < -0.39 is 10.0 Å². The van der Waals surface area contributed by atoms with Gasteiger partial charge in [0.25, 0.3) is 0 Å². The number of benzene rings is 1. The van der Waals surface area contributed by atoms with E-state index >= 15 is 0 Å². The number of carbonyl (C=O) groups excluding carboxylic acids is 2. The van der Waals surface area contributed by atoms with Crippen molar-refractivity contribution in [2.45, 2.75) is 6.42 Å². The van der Waals surface area contributed by atoms with Crippen LogP contribution in [0.4, 0.5) is 5.69 Å². The molecule has 0 bridgehead atoms. The van der Waals surface area contributed by atoms with E-state index in [1.807, 2.05) is 0 Å². The Labute approximate surface area is 159 Å². The second kappa shape index (κ2) is 8.94. The first-order valence-corrected chi connectivity index (χ1v) is 10.3. The van der Waals surface area contributed by atoms with Crippen LogP contribution in [0.1, 0.15) is 6.42 Å². The van der Waals surface area contributed by atoms with E-state index in [-0.39, 0.29) is 18.9 Å². The summed E-state index contributed by atoms with van der Waals surface area (Å²) in [6, 6.07) is 4.82. The number of nitrogens with zero attached hydrogens (tertiary/aromatic N) is 3. The van der Waals surface area contributed by atoms with Crippen LogP contribution in [0.3, 0.4) is 0 Å². The van der Waals surface area contributed by atoms with E-state index in [9.17, 15) is 18.0 Å². The largest absolute Gasteiger partial charge is 0.497 e. The summed E-state index contributed by atoms with van der Waals surface area (Å²) in [5, 5.41) is 0. The first kappa shape index (κ1) is 20.8. The molecule has 0 saturated carbocycles. The summed E-state index contributed by atoms with van der Waals surface area (Å²) in [4.78, 5) is 26.5. The van der Waals surface area contributed by atoms with Crippen LogP contribution in [0.2, 0.25) is 0 Å². The van der Waals surface area contributed by atoms with Crippen molar-refractivity contribution in [3.8, 4) is 11.5 Å². The third-order valence-electron chi connectivity index (χ3n) is 4.40. The summed E-state index contributed by atoms with van der Waals surface area (Å²) in [6.45, 7) is 1.85. The van der Waals surface area contributed by atoms with Gasteiger partial charge in [0, 0.05) is 45.2 Å². The topological polar surface area (TPSA) is 96.5 Å². The lowest BCUT2D eigenvalue weighted by Crippen LogP contribution is -2.48. The Morgan fingerprint density at radius 3 is 2.37 bits per heavy atom. The minimum absolute atomic E-state index is 0.00570. The van der Waals surface area contributed by atoms with Gasteiger partial charge in [-0.1, -0.05) is 0 Å². The predicted octanol–water partition coefficient (Wildman–Crippen LogP) is 0.161. The molecule has 0 atom stereocenters. The third-order valence-corrected chi connectivity index (χ3v) is 5.58. The van der Waals surface area contributed by atoms with Gasteiger partial charge in [0.05, 0.1) is 26.2 Å². The lowest BCUT2D eigenvalue weighted by Gasteiger charge is -2.33. The van der Waals surface area contributed by atoms with Crippen molar-refractivity contribution in [3.05, 3.63) is 18.2 Å². The molecule has 150 valence electrons. The normalized spacial score (nSPS) is 14.6. The smallest absolute Gasteiger partial charge is 0.232 e. The van der Waals surface area contributed by atoms with Crippen LogP contribution in [0.15, 0.2) is 18.2 Å². The van der Waals surface area contributed by atoms with E-state index in [4.69, 9.17) is 9.47 Å². The van der Waals surface area contributed by atoms with Crippen LogP contribution >= 0.6 is 0 Å². The van der Waals surface area contributed by atoms with E-state index in [1.165, 1.54) is 14.2 Å². The van der Waals surface area contributed by atoms with Gasteiger partial charge in [-0.2, -0.15) is 0 Å². The number of sulfonamides is 1. The van der Waals surface area contributed by atoms with Crippen molar-refractivity contribution in [1.82, 2.24) is 9.80 Å². The standard InChI is InChI=1S/C17H25N3O6S/c1-25-14-4-5-15(16(12-14)26-2)20(27(3,23)24)7-6-17(22)19-10-8-18(13-21)9-11-19/h4-5,12-13H,6-11H2,1-3H3. The molecule has 10 heteroatoms. The van der Waals surface area contributed by atoms with Crippen LogP contribution in [0.25, 0.3) is 0 Å². The van der Waals surface area contributed by atoms with Gasteiger partial charge < -0.3 is 19.3 Å². The zero-order valence-electron chi connectivity index (χ0n) is 15.8. The molecule has 2 amide bonds. The highest BCUT2D eigenvalue weighted by Gasteiger charge is 2.25. The highest BCUT2D eigenvalue weighted by Crippen LogP contribution is 2.33. The van der Waals surface area contributed by atoms with Gasteiger partial charge in [-0.15, -0.1) is 0 Å². The summed E-state index contributed by atoms with van der Waals surface area (Å²) in [6.07, 6.45) is 1.89. The van der Waals surface area contributed by atoms with Crippen LogP contribution in [-0.4, -0.2) is 83.7 Å². The maximum absolute atomic E-state index is 12.5. The quantitative estimate of drug-likeness (QED) is 0.578. The van der Waals surface area contributed by atoms with Gasteiger partial charge in [-0.05, 0) is 12.1 Å². The Morgan fingerprint density at radius 2 is 1.85 bits per heavy atom. The van der Waals surface area contributed by atoms with Crippen LogP contribution in [0.5, 0.6) is 11.5 Å². The van der Waals surface area contributed by atoms with Crippen molar-refractivity contribution in [2.24, 2.45) is 0 Å². The summed E-state index contributed by atoms with van der Waals surface area (Å²) >= 11 is 0. The second-order valence-electron chi connectivity index (χ2n) is 6.15. The molecular formula is C17H25N3O6S. The molecule has 0 aliphatic carbocycles. The molecule has 0 unspecified atom stereocenters. The fraction of sp³-hybridized carbons (Fsp3) is 0.529. The molecule has 1 fully saturated rings. The van der Waals surface area contributed by atoms with Gasteiger partial charge in [-0.25, -0.2) is 8.42 Å². The highest BCUT2D eigenvalue weighted by atomic mass is 32.2. The summed E-state index contributed by atoms with van der Waals surface area (Å²) in [5.74, 6) is 0.724. The molecule has 27 heavy (non-hydrogen) atoms. The maximum Gasteiger partial charge on any atom is 0.232 e. The zero-order valence-corrected chi connectivity index (χ0v) is 16.6. The molecule has 1 aromatic carbocycles. The molecule has 1 saturated heterocycles. The molecule has 1 heterocycles. The molecule has 1 aliphatic rings. The van der Waals surface area contributed by atoms with E-state index in [1.54, 1.807) is 28.0 Å². The summed E-state index contributed by atoms with van der Waals surface area (Å²) in [5.41, 5.74) is 0.347. The molecule has 1 aromatic rings. The van der Waals surface area contributed by atoms with Crippen molar-refractivity contribution < 1.29 is 27.5 Å². The lowest BCUT2D eigenvalue weighted by atomic mass is 10.2. The average molecular weight is 399 g/mol. The average Bonchev–Trinajstić information content (AvgIpc) is 2.67. The molecule has 0 aromatic heterocycles. The number of ether oxygens (including phenoxy) is 2. The Hall–Kier alpha value is -2.49. The molecule has 0 N–H and O–H groups in total. The predicted molar refractivity (Wildman–Crippen MR) is 101 cm³/mol. The van der Waals surface area contributed by atoms with Gasteiger partial charge >= 0.3 is 0 Å². The first-order valence-electron chi connectivity index (χ1n) is 8.47. The Balaban J connectivity index is 2.12. The fourth-order valence-corrected chi connectivity index (χ4v) is 3.82. The number of methoxy groups -OCH3 is 2. The summed E-state index contributed by atoms with van der Waals surface area (Å²) in [7, 11) is -0.675. The number of piperazine rings is 1. The Bertz CT molecular complexity index is 775. The molecule has 0 spiro atoms. The van der Waals surface area contributed by atoms with E-state index in [0.29, 0.717) is 43.4 Å². The minimum Gasteiger partial charge on any atom is -0.497 e. The van der Waals surface area contributed by atoms with Crippen molar-refractivity contribution >= 4 is 28.0 Å². The van der Waals surface area contributed by atoms with Crippen LogP contribution in [0, 0.1) is 0 Å². The van der Waals surface area contributed by atoms with Crippen molar-refractivity contribution in [1.29, 1.82) is 0 Å². The zero-order chi connectivity index (χ0) is 20.0. The molecule has 0 radical (unpaired) electrons. The molecule has 9 nitrogen and oxygen atoms in total. The Morgan fingerprint density at radius 1 is 1.19 bits per heavy atom. The number of hydrogen-bond acceptors (Lipinski definition) is 6. The van der Waals surface area contributed by atoms with Crippen LogP contribution in [-0.2, 0) is 19.6 Å². The van der Waals surface area contributed by atoms with Gasteiger partial charge in [0.15, 0.2) is 0 Å². The van der Waals surface area contributed by atoms with E-state index in [2.05, 4.69) is 0 Å². The summed E-state index contributed by atoms with van der Waals surface area (Å²) < 4.78 is 36.2. The molecule has 1 aliphatic heterocycles. The fourth-order valence-electron chi connectivity index (χ4n) is 2.89. The van der Waals surface area contributed by atoms with Gasteiger partial charge in [0.1, 0.15) is 11.5 Å².